The highest BCUT2D eigenvalue weighted by Crippen LogP contribution is 2.47. The number of para-hydroxylation sites is 7. The number of benzene rings is 19. The number of anilines is 9. The molecular formula is C132H96F2N8. The highest BCUT2D eigenvalue weighted by molar-refractivity contribution is 6.15. The summed E-state index contributed by atoms with van der Waals surface area (Å²) < 4.78 is 37.0. The summed E-state index contributed by atoms with van der Waals surface area (Å²) in [5, 5.41) is 9.13. The molecule has 678 valence electrons. The van der Waals surface area contributed by atoms with Crippen molar-refractivity contribution >= 4 is 138 Å². The normalized spacial score (nSPS) is 11.6. The van der Waals surface area contributed by atoms with Crippen molar-refractivity contribution in [2.24, 2.45) is 0 Å². The molecule has 23 rings (SSSR count). The molecule has 23 aromatic rings. The monoisotopic (exact) mass is 1830 g/mol. The fraction of sp³-hybridized carbons (Fsp3) is 0. The minimum Gasteiger partial charge on any atom is -0.318 e. The van der Waals surface area contributed by atoms with E-state index in [0.29, 0.717) is 16.8 Å². The maximum absolute atomic E-state index is 14.0. The van der Waals surface area contributed by atoms with Gasteiger partial charge in [0.15, 0.2) is 0 Å². The number of fused-ring (bicyclic) bond motifs is 12. The zero-order valence-electron chi connectivity index (χ0n) is 78.0. The Morgan fingerprint density at radius 1 is 0.211 bits per heavy atom. The highest BCUT2D eigenvalue weighted by Gasteiger charge is 2.25. The molecule has 19 aromatic carbocycles. The van der Waals surface area contributed by atoms with Crippen LogP contribution in [0.3, 0.4) is 0 Å². The van der Waals surface area contributed by atoms with Gasteiger partial charge in [-0.25, -0.2) is 8.78 Å². The Morgan fingerprint density at radius 2 is 0.500 bits per heavy atom. The lowest BCUT2D eigenvalue weighted by Gasteiger charge is -2.27. The summed E-state index contributed by atoms with van der Waals surface area (Å²) in [4.78, 5) is 8.92. The average Bonchev–Trinajstić information content (AvgIpc) is 1.61. The second-order valence-electron chi connectivity index (χ2n) is 35.1. The predicted molar refractivity (Wildman–Crippen MR) is 597 cm³/mol. The Hall–Kier alpha value is -18.9. The molecule has 0 radical (unpaired) electrons. The van der Waals surface area contributed by atoms with Gasteiger partial charge in [0.2, 0.25) is 0 Å². The molecular weight excluding hydrogens is 1740 g/mol. The molecule has 0 spiro atoms. The minimum absolute atomic E-state index is 0.275. The molecule has 0 saturated carbocycles. The van der Waals surface area contributed by atoms with Gasteiger partial charge in [-0.15, -0.1) is 0 Å². The fourth-order valence-electron chi connectivity index (χ4n) is 19.7. The SMILES string of the molecule is C=C/C=C\C=C\N(C(=C)/C=C\C(=C)C(=C)/C=C\C(=C)N(c1ccccc1)c1ccc2c(c1)c1ccccc1n2-c1ccc(F)cc1)c1ccc2c(c1)c1ccccc1n2-c1ccc(F)cc1.c1ccc(-c2cccc(N(c3ccc(-c4ccc(N(c5cccc(-c6ccccc6)c5)c5ccc6c(c5)c5ccccc5n6-c5ccccc5)cc4)cc3)c3ccc4c(c3)c3ccccc3n4-c3ccccc3)c2)cc1. The van der Waals surface area contributed by atoms with Crippen LogP contribution in [-0.2, 0) is 0 Å². The first kappa shape index (κ1) is 88.4. The molecule has 0 atom stereocenters. The smallest absolute Gasteiger partial charge is 0.123 e. The first-order valence-electron chi connectivity index (χ1n) is 47.5. The molecule has 0 N–H and O–H groups in total. The van der Waals surface area contributed by atoms with Gasteiger partial charge < -0.3 is 37.9 Å². The molecule has 0 fully saturated rings. The third-order valence-electron chi connectivity index (χ3n) is 26.5. The molecule has 142 heavy (non-hydrogen) atoms. The number of aromatic nitrogens is 4. The molecule has 0 amide bonds. The van der Waals surface area contributed by atoms with E-state index in [9.17, 15) is 8.78 Å². The van der Waals surface area contributed by atoms with Crippen LogP contribution in [0.4, 0.5) is 60.0 Å². The number of nitrogens with zero attached hydrogens (tertiary/aromatic N) is 8. The molecule has 4 aromatic heterocycles. The van der Waals surface area contributed by atoms with E-state index < -0.39 is 0 Å². The van der Waals surface area contributed by atoms with Crippen molar-refractivity contribution in [1.82, 2.24) is 18.3 Å². The Kier molecular flexibility index (Phi) is 24.3. The number of halogens is 2. The number of rotatable bonds is 26. The number of hydrogen-bond acceptors (Lipinski definition) is 4. The van der Waals surface area contributed by atoms with Crippen LogP contribution in [0.15, 0.2) is 577 Å². The van der Waals surface area contributed by atoms with E-state index in [2.05, 4.69) is 442 Å². The van der Waals surface area contributed by atoms with E-state index in [1.165, 1.54) is 90.1 Å². The molecule has 0 aliphatic heterocycles. The first-order chi connectivity index (χ1) is 69.9. The lowest BCUT2D eigenvalue weighted by molar-refractivity contribution is 0.627. The van der Waals surface area contributed by atoms with Crippen LogP contribution < -0.4 is 19.6 Å². The Balaban J connectivity index is 0.000000165. The van der Waals surface area contributed by atoms with Crippen molar-refractivity contribution in [2.45, 2.75) is 0 Å². The van der Waals surface area contributed by atoms with Crippen molar-refractivity contribution < 1.29 is 8.78 Å². The van der Waals surface area contributed by atoms with Gasteiger partial charge in [-0.3, -0.25) is 0 Å². The quantitative estimate of drug-likeness (QED) is 0.0506. The Morgan fingerprint density at radius 3 is 0.894 bits per heavy atom. The van der Waals surface area contributed by atoms with Gasteiger partial charge in [-0.2, -0.15) is 0 Å². The largest absolute Gasteiger partial charge is 0.318 e. The number of hydrogen-bond donors (Lipinski definition) is 0. The molecule has 0 bridgehead atoms. The second kappa shape index (κ2) is 39.1. The molecule has 0 aliphatic carbocycles. The Bertz CT molecular complexity index is 8580. The van der Waals surface area contributed by atoms with Crippen molar-refractivity contribution in [3.8, 4) is 56.1 Å². The lowest BCUT2D eigenvalue weighted by atomic mass is 10.0. The van der Waals surface area contributed by atoms with Gasteiger partial charge in [-0.1, -0.05) is 300 Å². The summed E-state index contributed by atoms with van der Waals surface area (Å²) in [5.41, 5.74) is 31.9. The first-order valence-corrected chi connectivity index (χ1v) is 47.5. The summed E-state index contributed by atoms with van der Waals surface area (Å²) in [6, 6.07) is 162. The molecule has 8 nitrogen and oxygen atoms in total. The van der Waals surface area contributed by atoms with Gasteiger partial charge in [-0.05, 0) is 293 Å². The summed E-state index contributed by atoms with van der Waals surface area (Å²) in [5.74, 6) is -0.552. The van der Waals surface area contributed by atoms with Crippen LogP contribution in [0.2, 0.25) is 0 Å². The van der Waals surface area contributed by atoms with Crippen molar-refractivity contribution in [2.75, 3.05) is 19.6 Å². The maximum atomic E-state index is 14.0. The molecule has 4 heterocycles. The van der Waals surface area contributed by atoms with E-state index >= 15 is 0 Å². The molecule has 0 aliphatic rings. The summed E-state index contributed by atoms with van der Waals surface area (Å²) >= 11 is 0. The Labute approximate surface area is 824 Å². The molecule has 10 heteroatoms. The summed E-state index contributed by atoms with van der Waals surface area (Å²) in [6.07, 6.45) is 17.1. The second-order valence-corrected chi connectivity index (χ2v) is 35.1. The van der Waals surface area contributed by atoms with E-state index in [-0.39, 0.29) is 11.6 Å². The van der Waals surface area contributed by atoms with Crippen LogP contribution >= 0.6 is 0 Å². The van der Waals surface area contributed by atoms with Crippen molar-refractivity contribution in [3.05, 3.63) is 589 Å². The van der Waals surface area contributed by atoms with Crippen LogP contribution in [0, 0.1) is 11.6 Å². The van der Waals surface area contributed by atoms with Gasteiger partial charge in [0.1, 0.15) is 11.6 Å². The predicted octanol–water partition coefficient (Wildman–Crippen LogP) is 36.1. The van der Waals surface area contributed by atoms with E-state index in [1.54, 1.807) is 30.3 Å². The van der Waals surface area contributed by atoms with Crippen molar-refractivity contribution in [1.29, 1.82) is 0 Å². The minimum atomic E-state index is -0.278. The zero-order chi connectivity index (χ0) is 96.1. The third-order valence-corrected chi connectivity index (χ3v) is 26.5. The topological polar surface area (TPSA) is 32.7 Å². The summed E-state index contributed by atoms with van der Waals surface area (Å²) in [7, 11) is 0. The number of allylic oxidation sites excluding steroid dienone is 10. The maximum Gasteiger partial charge on any atom is 0.123 e. The van der Waals surface area contributed by atoms with Crippen molar-refractivity contribution in [3.63, 3.8) is 0 Å². The summed E-state index contributed by atoms with van der Waals surface area (Å²) in [6.45, 7) is 21.5. The molecule has 0 saturated heterocycles. The van der Waals surface area contributed by atoms with E-state index in [4.69, 9.17) is 0 Å². The van der Waals surface area contributed by atoms with Gasteiger partial charge in [0.25, 0.3) is 0 Å². The standard InChI is InChI=1S/C72H50N4.C60H46F2N4/c1-5-19-51(20-6-1)55-23-17-29-61(47-55)73(63-43-45-71-67(49-63)65-31-13-15-33-69(65)75(71)57-25-9-3-10-26-57)59-39-35-53(36-40-59)54-37-41-60(42-38-54)74(62-30-18-24-56(48-62)52-21-7-2-8-22-52)64-44-46-72-68(50-64)66-32-14-16-34-70(66)76(72)58-27-11-4-12-28-58;1-6-7-8-16-39-63(51-35-37-59-55(40-51)53-19-12-14-21-57(53)65(59)49-31-27-46(61)28-32-49)44(4)25-23-42(2)43(3)24-26-45(5)64(48-17-10-9-11-18-48)52-36-38-60-56(41-52)54-20-13-15-22-58(54)66(60)50-33-29-47(62)30-34-50/h1-50H;6-41H,1-5H2/b;8-7-,25-23-,26-24-,39-16+. The van der Waals surface area contributed by atoms with E-state index in [0.717, 1.165) is 134 Å². The van der Waals surface area contributed by atoms with Gasteiger partial charge >= 0.3 is 0 Å². The van der Waals surface area contributed by atoms with E-state index in [1.807, 2.05) is 96.1 Å². The fourth-order valence-corrected chi connectivity index (χ4v) is 19.7. The van der Waals surface area contributed by atoms with Crippen LogP contribution in [0.5, 0.6) is 0 Å². The van der Waals surface area contributed by atoms with Crippen LogP contribution in [0.25, 0.3) is 143 Å². The van der Waals surface area contributed by atoms with Gasteiger partial charge in [0.05, 0.1) is 44.1 Å². The zero-order valence-corrected chi connectivity index (χ0v) is 78.0. The highest BCUT2D eigenvalue weighted by atomic mass is 19.1. The molecule has 0 unspecified atom stereocenters. The lowest BCUT2D eigenvalue weighted by Crippen LogP contribution is -2.14. The van der Waals surface area contributed by atoms with Crippen LogP contribution in [0.1, 0.15) is 0 Å². The van der Waals surface area contributed by atoms with Crippen LogP contribution in [-0.4, -0.2) is 18.3 Å². The average molecular weight is 1830 g/mol. The third kappa shape index (κ3) is 17.4. The van der Waals surface area contributed by atoms with Gasteiger partial charge in [0, 0.05) is 135 Å².